The van der Waals surface area contributed by atoms with Gasteiger partial charge in [-0.15, -0.1) is 0 Å². The second kappa shape index (κ2) is 22.2. The summed E-state index contributed by atoms with van der Waals surface area (Å²) in [5.74, 6) is -1.46. The van der Waals surface area contributed by atoms with Gasteiger partial charge in [-0.05, 0) is 110 Å². The normalized spacial score (nSPS) is 15.1. The van der Waals surface area contributed by atoms with Crippen LogP contribution in [-0.2, 0) is 32.1 Å². The number of halogens is 2. The first-order valence-corrected chi connectivity index (χ1v) is 20.9. The second-order valence-electron chi connectivity index (χ2n) is 15.4. The number of anilines is 3. The first-order chi connectivity index (χ1) is 30.1. The van der Waals surface area contributed by atoms with Crippen molar-refractivity contribution in [2.45, 2.75) is 70.4 Å². The maximum atomic E-state index is 13.7. The molecule has 3 heterocycles. The molecule has 16 heteroatoms. The first-order valence-electron chi connectivity index (χ1n) is 20.9. The summed E-state index contributed by atoms with van der Waals surface area (Å²) in [7, 11) is 0. The number of aromatic amines is 1. The number of benzene rings is 4. The van der Waals surface area contributed by atoms with Crippen LogP contribution in [0.15, 0.2) is 84.9 Å². The topological polar surface area (TPSA) is 189 Å². The van der Waals surface area contributed by atoms with Gasteiger partial charge in [0.2, 0.25) is 17.7 Å². The minimum absolute atomic E-state index is 0.217. The number of nitrogens with zero attached hydrogens (tertiary/aromatic N) is 3. The van der Waals surface area contributed by atoms with E-state index in [1.165, 1.54) is 12.1 Å². The smallest absolute Gasteiger partial charge is 0.290 e. The fourth-order valence-corrected chi connectivity index (χ4v) is 7.68. The molecule has 14 nitrogen and oxygen atoms in total. The van der Waals surface area contributed by atoms with E-state index in [4.69, 9.17) is 9.90 Å². The van der Waals surface area contributed by atoms with Crippen molar-refractivity contribution in [2.24, 2.45) is 0 Å². The standard InChI is InChI=1S/C45H50F2N8O4.CH2O2/c46-34-25-32(26-35(47)28-34)23-30-10-15-39-38(27-30)43(53-52-39)51-44(58)33-8-6-7-31(24-33)29-48-18-5-3-1-2-4-9-42(57)55-21-19-54(20-22-55)37-13-11-36(12-14-37)49-40-16-17-41(56)50-45(40)59;2-1-3/h6-8,10-15,24-28,40,48-49H,1-5,9,16-23,29H2,(H,50,56,59)(H2,51,52,53,58);1H,(H,2,3). The summed E-state index contributed by atoms with van der Waals surface area (Å²) in [6.07, 6.45) is 6.77. The van der Waals surface area contributed by atoms with E-state index in [1.54, 1.807) is 6.07 Å². The SMILES string of the molecule is O=C1CCC(Nc2ccc(N3CCN(C(=O)CCCCCCCNCc4cccc(C(=O)Nc5n[nH]c6ccc(Cc7cc(F)cc(F)c7)cc56)c4)CC3)cc2)C(=O)N1.O=CO. The Labute approximate surface area is 358 Å². The third-order valence-corrected chi connectivity index (χ3v) is 10.9. The van der Waals surface area contributed by atoms with Crippen LogP contribution in [0.2, 0.25) is 0 Å². The van der Waals surface area contributed by atoms with Crippen molar-refractivity contribution in [1.29, 1.82) is 0 Å². The molecule has 4 aromatic carbocycles. The van der Waals surface area contributed by atoms with Crippen LogP contribution in [-0.4, -0.2) is 89.1 Å². The maximum Gasteiger partial charge on any atom is 0.290 e. The minimum atomic E-state index is -0.624. The average Bonchev–Trinajstić information content (AvgIpc) is 3.65. The van der Waals surface area contributed by atoms with Gasteiger partial charge in [-0.2, -0.15) is 5.10 Å². The van der Waals surface area contributed by atoms with Crippen LogP contribution < -0.4 is 26.2 Å². The summed E-state index contributed by atoms with van der Waals surface area (Å²) in [5, 5.41) is 26.8. The number of H-pyrrole nitrogens is 1. The highest BCUT2D eigenvalue weighted by Gasteiger charge is 2.26. The molecule has 2 aliphatic heterocycles. The summed E-state index contributed by atoms with van der Waals surface area (Å²) >= 11 is 0. The van der Waals surface area contributed by atoms with Gasteiger partial charge < -0.3 is 30.9 Å². The van der Waals surface area contributed by atoms with Crippen LogP contribution in [0.5, 0.6) is 0 Å². The second-order valence-corrected chi connectivity index (χ2v) is 15.4. The van der Waals surface area contributed by atoms with Gasteiger partial charge in [-0.3, -0.25) is 34.4 Å². The van der Waals surface area contributed by atoms with Crippen molar-refractivity contribution in [2.75, 3.05) is 48.3 Å². The number of hydrogen-bond acceptors (Lipinski definition) is 9. The van der Waals surface area contributed by atoms with Crippen LogP contribution in [0, 0.1) is 11.6 Å². The van der Waals surface area contributed by atoms with Gasteiger partial charge in [0.25, 0.3) is 12.4 Å². The summed E-state index contributed by atoms with van der Waals surface area (Å²) in [4.78, 5) is 62.2. The molecule has 1 aromatic heterocycles. The van der Waals surface area contributed by atoms with Crippen LogP contribution in [0.1, 0.15) is 78.4 Å². The Morgan fingerprint density at radius 2 is 1.56 bits per heavy atom. The fourth-order valence-electron chi connectivity index (χ4n) is 7.68. The molecule has 0 radical (unpaired) electrons. The van der Waals surface area contributed by atoms with Gasteiger partial charge in [-0.1, -0.05) is 37.5 Å². The number of piperidine rings is 1. The Morgan fingerprint density at radius 3 is 2.31 bits per heavy atom. The van der Waals surface area contributed by atoms with Gasteiger partial charge in [0.15, 0.2) is 5.82 Å². The van der Waals surface area contributed by atoms with Crippen LogP contribution in [0.25, 0.3) is 10.9 Å². The van der Waals surface area contributed by atoms with Crippen LogP contribution in [0.3, 0.4) is 0 Å². The van der Waals surface area contributed by atoms with Gasteiger partial charge in [0.1, 0.15) is 17.7 Å². The van der Waals surface area contributed by atoms with E-state index in [9.17, 15) is 28.0 Å². The zero-order chi connectivity index (χ0) is 43.8. The Morgan fingerprint density at radius 1 is 0.839 bits per heavy atom. The number of piperazine rings is 1. The lowest BCUT2D eigenvalue weighted by Crippen LogP contribution is -2.48. The molecule has 0 saturated carbocycles. The van der Waals surface area contributed by atoms with E-state index < -0.39 is 17.7 Å². The number of aromatic nitrogens is 2. The largest absolute Gasteiger partial charge is 0.483 e. The number of nitrogens with one attached hydrogen (secondary N) is 5. The molecule has 1 unspecified atom stereocenters. The van der Waals surface area contributed by atoms with E-state index >= 15 is 0 Å². The molecule has 2 saturated heterocycles. The van der Waals surface area contributed by atoms with E-state index in [0.29, 0.717) is 67.6 Å². The molecular formula is C46H52F2N8O6. The van der Waals surface area contributed by atoms with Gasteiger partial charge in [0, 0.05) is 74.0 Å². The first kappa shape index (κ1) is 44.9. The summed E-state index contributed by atoms with van der Waals surface area (Å²) in [5.41, 5.74) is 5.49. The number of imide groups is 1. The van der Waals surface area contributed by atoms with Gasteiger partial charge >= 0.3 is 0 Å². The number of hydrogen-bond donors (Lipinski definition) is 6. The molecule has 2 fully saturated rings. The van der Waals surface area contributed by atoms with Crippen LogP contribution >= 0.6 is 0 Å². The maximum absolute atomic E-state index is 13.7. The molecule has 1 atom stereocenters. The number of fused-ring (bicyclic) bond motifs is 1. The van der Waals surface area contributed by atoms with E-state index in [0.717, 1.165) is 85.8 Å². The molecule has 5 aromatic rings. The number of unbranched alkanes of at least 4 members (excludes halogenated alkanes) is 4. The molecular weight excluding hydrogens is 799 g/mol. The van der Waals surface area contributed by atoms with Crippen LogP contribution in [0.4, 0.5) is 26.0 Å². The monoisotopic (exact) mass is 850 g/mol. The van der Waals surface area contributed by atoms with Crippen molar-refractivity contribution in [1.82, 2.24) is 25.7 Å². The highest BCUT2D eigenvalue weighted by atomic mass is 19.1. The third kappa shape index (κ3) is 12.9. The number of amides is 4. The van der Waals surface area contributed by atoms with Gasteiger partial charge in [0.05, 0.1) is 5.52 Å². The zero-order valence-electron chi connectivity index (χ0n) is 34.4. The molecule has 0 aliphatic carbocycles. The van der Waals surface area contributed by atoms with E-state index in [2.05, 4.69) is 36.4 Å². The molecule has 0 spiro atoms. The average molecular weight is 851 g/mol. The van der Waals surface area contributed by atoms with Gasteiger partial charge in [-0.25, -0.2) is 8.78 Å². The molecule has 2 aliphatic rings. The Bertz CT molecular complexity index is 2310. The Hall–Kier alpha value is -6.68. The molecule has 6 N–H and O–H groups in total. The molecule has 326 valence electrons. The summed E-state index contributed by atoms with van der Waals surface area (Å²) in [6.45, 7) is 4.16. The molecule has 4 amide bonds. The molecule has 0 bridgehead atoms. The molecule has 7 rings (SSSR count). The van der Waals surface area contributed by atoms with Crippen molar-refractivity contribution >= 4 is 58.2 Å². The highest BCUT2D eigenvalue weighted by molar-refractivity contribution is 6.08. The lowest BCUT2D eigenvalue weighted by Gasteiger charge is -2.36. The minimum Gasteiger partial charge on any atom is -0.483 e. The number of carboxylic acid groups (broad SMARTS) is 1. The third-order valence-electron chi connectivity index (χ3n) is 10.9. The highest BCUT2D eigenvalue weighted by Crippen LogP contribution is 2.25. The van der Waals surface area contributed by atoms with E-state index in [-0.39, 0.29) is 30.1 Å². The van der Waals surface area contributed by atoms with Crippen molar-refractivity contribution in [3.63, 3.8) is 0 Å². The lowest BCUT2D eigenvalue weighted by molar-refractivity contribution is -0.134. The van der Waals surface area contributed by atoms with Crippen molar-refractivity contribution in [3.8, 4) is 0 Å². The zero-order valence-corrected chi connectivity index (χ0v) is 34.4. The van der Waals surface area contributed by atoms with E-state index in [1.807, 2.05) is 65.6 Å². The Kier molecular flexibility index (Phi) is 16.1. The number of carbonyl (C=O) groups excluding carboxylic acids is 4. The summed E-state index contributed by atoms with van der Waals surface area (Å²) < 4.78 is 27.4. The molecule has 62 heavy (non-hydrogen) atoms. The summed E-state index contributed by atoms with van der Waals surface area (Å²) in [6, 6.07) is 24.0. The number of rotatable bonds is 17. The quantitative estimate of drug-likeness (QED) is 0.0348. The number of carbonyl (C=O) groups is 5. The lowest BCUT2D eigenvalue weighted by atomic mass is 10.0. The van der Waals surface area contributed by atoms with Crippen molar-refractivity contribution in [3.05, 3.63) is 119 Å². The predicted molar refractivity (Wildman–Crippen MR) is 233 cm³/mol. The Balaban J connectivity index is 0.00000208. The fraction of sp³-hybridized carbons (Fsp3) is 0.348. The predicted octanol–water partition coefficient (Wildman–Crippen LogP) is 6.38. The van der Waals surface area contributed by atoms with Crippen molar-refractivity contribution < 1.29 is 37.9 Å².